The number of hydrogen-bond acceptors (Lipinski definition) is 6. The molecule has 0 amide bonds. The van der Waals surface area contributed by atoms with E-state index in [1.54, 1.807) is 18.1 Å². The summed E-state index contributed by atoms with van der Waals surface area (Å²) in [5.74, 6) is 1.40. The maximum absolute atomic E-state index is 8.64. The van der Waals surface area contributed by atoms with Gasteiger partial charge in [0.25, 0.3) is 0 Å². The average Bonchev–Trinajstić information content (AvgIpc) is 3.30. The largest absolute Gasteiger partial charge is 0.493 e. The highest BCUT2D eigenvalue weighted by atomic mass is 16.5. The van der Waals surface area contributed by atoms with Crippen LogP contribution in [0, 0.1) is 11.3 Å². The number of nitriles is 1. The second-order valence-electron chi connectivity index (χ2n) is 6.63. The van der Waals surface area contributed by atoms with Crippen molar-refractivity contribution in [1.29, 1.82) is 5.26 Å². The lowest BCUT2D eigenvalue weighted by Crippen LogP contribution is -2.18. The lowest BCUT2D eigenvalue weighted by molar-refractivity contribution is 0.290. The van der Waals surface area contributed by atoms with Crippen LogP contribution in [0.15, 0.2) is 55.1 Å². The zero-order valence-electron chi connectivity index (χ0n) is 16.7. The Bertz CT molecular complexity index is 933. The molecule has 0 saturated carbocycles. The summed E-state index contributed by atoms with van der Waals surface area (Å²) in [7, 11) is 1.63. The second kappa shape index (κ2) is 10.2. The summed E-state index contributed by atoms with van der Waals surface area (Å²) in [5.41, 5.74) is 3.27. The van der Waals surface area contributed by atoms with Gasteiger partial charge in [-0.1, -0.05) is 18.2 Å². The third kappa shape index (κ3) is 5.56. The first-order valence-electron chi connectivity index (χ1n) is 9.56. The fourth-order valence-electron chi connectivity index (χ4n) is 2.92. The Hall–Kier alpha value is -3.37. The molecular formula is C22H25N5O2. The van der Waals surface area contributed by atoms with Crippen LogP contribution < -0.4 is 14.8 Å². The number of benzene rings is 2. The van der Waals surface area contributed by atoms with Crippen molar-refractivity contribution in [1.82, 2.24) is 20.1 Å². The number of nitrogens with zero attached hydrogens (tertiary/aromatic N) is 4. The van der Waals surface area contributed by atoms with Gasteiger partial charge in [-0.05, 0) is 48.7 Å². The van der Waals surface area contributed by atoms with E-state index in [-0.39, 0.29) is 6.04 Å². The minimum Gasteiger partial charge on any atom is -0.493 e. The van der Waals surface area contributed by atoms with Crippen LogP contribution in [0.3, 0.4) is 0 Å². The zero-order chi connectivity index (χ0) is 20.5. The van der Waals surface area contributed by atoms with E-state index in [9.17, 15) is 0 Å². The molecule has 0 aliphatic rings. The first-order valence-corrected chi connectivity index (χ1v) is 9.56. The van der Waals surface area contributed by atoms with Crippen LogP contribution in [0.4, 0.5) is 0 Å². The van der Waals surface area contributed by atoms with Crippen LogP contribution in [-0.2, 0) is 6.54 Å². The van der Waals surface area contributed by atoms with Crippen molar-refractivity contribution in [3.05, 3.63) is 66.2 Å². The predicted molar refractivity (Wildman–Crippen MR) is 110 cm³/mol. The maximum atomic E-state index is 8.64. The van der Waals surface area contributed by atoms with E-state index in [1.165, 1.54) is 11.9 Å². The molecule has 1 N–H and O–H groups in total. The minimum absolute atomic E-state index is 0.182. The van der Waals surface area contributed by atoms with Crippen molar-refractivity contribution in [2.24, 2.45) is 0 Å². The number of ether oxygens (including phenoxy) is 2. The lowest BCUT2D eigenvalue weighted by atomic mass is 10.1. The van der Waals surface area contributed by atoms with Crippen LogP contribution in [0.25, 0.3) is 5.69 Å². The molecule has 7 heteroatoms. The van der Waals surface area contributed by atoms with E-state index in [0.29, 0.717) is 37.5 Å². The highest BCUT2D eigenvalue weighted by Crippen LogP contribution is 2.28. The van der Waals surface area contributed by atoms with E-state index in [2.05, 4.69) is 40.5 Å². The molecule has 3 aromatic rings. The molecule has 3 rings (SSSR count). The van der Waals surface area contributed by atoms with Crippen molar-refractivity contribution in [2.75, 3.05) is 13.7 Å². The molecule has 0 bridgehead atoms. The number of unbranched alkanes of at least 4 members (excludes halogenated alkanes) is 1. The molecule has 29 heavy (non-hydrogen) atoms. The third-order valence-electron chi connectivity index (χ3n) is 4.61. The number of rotatable bonds is 10. The number of aromatic nitrogens is 3. The van der Waals surface area contributed by atoms with E-state index in [0.717, 1.165) is 11.3 Å². The first kappa shape index (κ1) is 20.4. The number of hydrogen-bond donors (Lipinski definition) is 1. The van der Waals surface area contributed by atoms with Gasteiger partial charge < -0.3 is 14.8 Å². The van der Waals surface area contributed by atoms with E-state index in [1.807, 2.05) is 30.3 Å². The van der Waals surface area contributed by atoms with Crippen molar-refractivity contribution in [2.45, 2.75) is 32.4 Å². The van der Waals surface area contributed by atoms with Crippen LogP contribution in [-0.4, -0.2) is 28.5 Å². The van der Waals surface area contributed by atoms with Gasteiger partial charge in [-0.25, -0.2) is 9.67 Å². The van der Waals surface area contributed by atoms with Gasteiger partial charge in [-0.3, -0.25) is 0 Å². The summed E-state index contributed by atoms with van der Waals surface area (Å²) in [6, 6.07) is 16.5. The molecule has 0 radical (unpaired) electrons. The molecule has 0 fully saturated rings. The summed E-state index contributed by atoms with van der Waals surface area (Å²) < 4.78 is 12.9. The van der Waals surface area contributed by atoms with Gasteiger partial charge in [0.05, 0.1) is 25.5 Å². The van der Waals surface area contributed by atoms with Crippen molar-refractivity contribution < 1.29 is 9.47 Å². The van der Waals surface area contributed by atoms with Crippen LogP contribution >= 0.6 is 0 Å². The summed E-state index contributed by atoms with van der Waals surface area (Å²) in [6.45, 7) is 3.33. The highest BCUT2D eigenvalue weighted by Gasteiger charge is 2.09. The van der Waals surface area contributed by atoms with E-state index in [4.69, 9.17) is 14.7 Å². The SMILES string of the molecule is COc1ccc(CNC(C)c2ccc(-n3cncn3)cc2)cc1OCCCC#N. The molecule has 1 atom stereocenters. The standard InChI is InChI=1S/C22H25N5O2/c1-17(19-6-8-20(9-7-19)27-16-24-15-26-27)25-14-18-5-10-21(28-2)22(13-18)29-12-4-3-11-23/h5-10,13,15-17,25H,3-4,12,14H2,1-2H3. The normalized spacial score (nSPS) is 11.6. The fourth-order valence-corrected chi connectivity index (χ4v) is 2.92. The molecule has 0 aliphatic heterocycles. The Morgan fingerprint density at radius 3 is 2.69 bits per heavy atom. The summed E-state index contributed by atoms with van der Waals surface area (Å²) in [5, 5.41) is 16.3. The molecule has 0 spiro atoms. The monoisotopic (exact) mass is 391 g/mol. The molecule has 0 aliphatic carbocycles. The molecule has 1 heterocycles. The zero-order valence-corrected chi connectivity index (χ0v) is 16.7. The minimum atomic E-state index is 0.182. The molecular weight excluding hydrogens is 366 g/mol. The first-order chi connectivity index (χ1) is 14.2. The Kier molecular flexibility index (Phi) is 7.20. The third-order valence-corrected chi connectivity index (χ3v) is 4.61. The molecule has 1 unspecified atom stereocenters. The quantitative estimate of drug-likeness (QED) is 0.529. The van der Waals surface area contributed by atoms with Gasteiger partial charge in [-0.2, -0.15) is 10.4 Å². The van der Waals surface area contributed by atoms with Gasteiger partial charge in [0.2, 0.25) is 0 Å². The van der Waals surface area contributed by atoms with Crippen molar-refractivity contribution in [3.63, 3.8) is 0 Å². The van der Waals surface area contributed by atoms with Crippen molar-refractivity contribution >= 4 is 0 Å². The molecule has 2 aromatic carbocycles. The Balaban J connectivity index is 1.59. The van der Waals surface area contributed by atoms with Gasteiger partial charge in [-0.15, -0.1) is 0 Å². The van der Waals surface area contributed by atoms with E-state index >= 15 is 0 Å². The van der Waals surface area contributed by atoms with Gasteiger partial charge in [0.15, 0.2) is 11.5 Å². The van der Waals surface area contributed by atoms with Gasteiger partial charge in [0, 0.05) is 19.0 Å². The highest BCUT2D eigenvalue weighted by molar-refractivity contribution is 5.43. The Morgan fingerprint density at radius 2 is 2.00 bits per heavy atom. The summed E-state index contributed by atoms with van der Waals surface area (Å²) >= 11 is 0. The summed E-state index contributed by atoms with van der Waals surface area (Å²) in [6.07, 6.45) is 4.38. The summed E-state index contributed by atoms with van der Waals surface area (Å²) in [4.78, 5) is 3.97. The van der Waals surface area contributed by atoms with Crippen LogP contribution in [0.1, 0.15) is 36.9 Å². The van der Waals surface area contributed by atoms with Crippen molar-refractivity contribution in [3.8, 4) is 23.3 Å². The lowest BCUT2D eigenvalue weighted by Gasteiger charge is -2.16. The second-order valence-corrected chi connectivity index (χ2v) is 6.63. The van der Waals surface area contributed by atoms with Crippen LogP contribution in [0.5, 0.6) is 11.5 Å². The number of methoxy groups -OCH3 is 1. The smallest absolute Gasteiger partial charge is 0.161 e. The van der Waals surface area contributed by atoms with Crippen LogP contribution in [0.2, 0.25) is 0 Å². The topological polar surface area (TPSA) is 85.0 Å². The fraction of sp³-hybridized carbons (Fsp3) is 0.318. The molecule has 0 saturated heterocycles. The Labute approximate surface area is 170 Å². The van der Waals surface area contributed by atoms with E-state index < -0.39 is 0 Å². The molecule has 7 nitrogen and oxygen atoms in total. The van der Waals surface area contributed by atoms with Gasteiger partial charge >= 0.3 is 0 Å². The van der Waals surface area contributed by atoms with Gasteiger partial charge in [0.1, 0.15) is 12.7 Å². The molecule has 150 valence electrons. The maximum Gasteiger partial charge on any atom is 0.161 e. The number of nitrogens with one attached hydrogen (secondary N) is 1. The molecule has 1 aromatic heterocycles. The predicted octanol–water partition coefficient (Wildman–Crippen LogP) is 3.81. The Morgan fingerprint density at radius 1 is 1.17 bits per heavy atom. The average molecular weight is 391 g/mol.